The van der Waals surface area contributed by atoms with Gasteiger partial charge < -0.3 is 16.2 Å². The molecule has 0 heterocycles. The van der Waals surface area contributed by atoms with Gasteiger partial charge in [-0.05, 0) is 30.4 Å². The zero-order valence-corrected chi connectivity index (χ0v) is 9.02. The molecule has 0 radical (unpaired) electrons. The van der Waals surface area contributed by atoms with E-state index in [1.807, 2.05) is 0 Å². The summed E-state index contributed by atoms with van der Waals surface area (Å²) in [4.78, 5) is 10.8. The van der Waals surface area contributed by atoms with Crippen molar-refractivity contribution in [3.8, 4) is 0 Å². The highest BCUT2D eigenvalue weighted by Crippen LogP contribution is 2.32. The highest BCUT2D eigenvalue weighted by Gasteiger charge is 2.31. The Labute approximate surface area is 99.2 Å². The van der Waals surface area contributed by atoms with Crippen LogP contribution in [0.1, 0.15) is 15.9 Å². The summed E-state index contributed by atoms with van der Waals surface area (Å²) in [5.41, 5.74) is 3.48. The van der Waals surface area contributed by atoms with Gasteiger partial charge in [-0.25, -0.2) is 4.79 Å². The minimum absolute atomic E-state index is 0.292. The Kier molecular flexibility index (Phi) is 3.56. The number of carboxylic acids is 1. The standard InChI is InChI=1S/C9H7F3N2O2S/c10-9(11,12)4-1-2-5(7(15)16)6(3-4)14-8(13)17/h1-3H,(H,15,16)(H3,13,14,17). The second kappa shape index (κ2) is 4.58. The molecule has 0 saturated heterocycles. The summed E-state index contributed by atoms with van der Waals surface area (Å²) >= 11 is 4.45. The summed E-state index contributed by atoms with van der Waals surface area (Å²) in [6.45, 7) is 0. The van der Waals surface area contributed by atoms with Gasteiger partial charge in [0.1, 0.15) is 0 Å². The second-order valence-corrected chi connectivity index (χ2v) is 3.49. The van der Waals surface area contributed by atoms with Crippen LogP contribution >= 0.6 is 12.2 Å². The van der Waals surface area contributed by atoms with Crippen LogP contribution in [0.4, 0.5) is 18.9 Å². The van der Waals surface area contributed by atoms with E-state index in [0.717, 1.165) is 6.07 Å². The first-order valence-electron chi connectivity index (χ1n) is 4.23. The molecule has 17 heavy (non-hydrogen) atoms. The number of halogens is 3. The Morgan fingerprint density at radius 1 is 1.41 bits per heavy atom. The number of aromatic carboxylic acids is 1. The molecule has 0 aliphatic carbocycles. The van der Waals surface area contributed by atoms with E-state index in [0.29, 0.717) is 12.1 Å². The van der Waals surface area contributed by atoms with Crippen LogP contribution in [0.15, 0.2) is 18.2 Å². The van der Waals surface area contributed by atoms with E-state index in [-0.39, 0.29) is 16.4 Å². The Bertz CT molecular complexity index is 474. The average molecular weight is 264 g/mol. The van der Waals surface area contributed by atoms with E-state index in [9.17, 15) is 18.0 Å². The van der Waals surface area contributed by atoms with E-state index in [1.165, 1.54) is 0 Å². The van der Waals surface area contributed by atoms with Crippen LogP contribution in [0.25, 0.3) is 0 Å². The molecule has 4 nitrogen and oxygen atoms in total. The summed E-state index contributed by atoms with van der Waals surface area (Å²) in [5, 5.41) is 10.6. The van der Waals surface area contributed by atoms with E-state index >= 15 is 0 Å². The molecule has 0 atom stereocenters. The maximum Gasteiger partial charge on any atom is 0.416 e. The molecule has 1 aromatic carbocycles. The Morgan fingerprint density at radius 3 is 2.41 bits per heavy atom. The summed E-state index contributed by atoms with van der Waals surface area (Å²) in [7, 11) is 0. The second-order valence-electron chi connectivity index (χ2n) is 3.05. The number of alkyl halides is 3. The number of nitrogens with one attached hydrogen (secondary N) is 1. The molecule has 0 saturated carbocycles. The minimum Gasteiger partial charge on any atom is -0.478 e. The van der Waals surface area contributed by atoms with E-state index < -0.39 is 17.7 Å². The summed E-state index contributed by atoms with van der Waals surface area (Å²) in [6, 6.07) is 2.16. The van der Waals surface area contributed by atoms with Crippen LogP contribution in [-0.4, -0.2) is 16.2 Å². The summed E-state index contributed by atoms with van der Waals surface area (Å²) in [5.74, 6) is -1.38. The Balaban J connectivity index is 3.29. The number of rotatable bonds is 2. The Hall–Kier alpha value is -1.83. The summed E-state index contributed by atoms with van der Waals surface area (Å²) in [6.07, 6.45) is -4.57. The fraction of sp³-hybridized carbons (Fsp3) is 0.111. The van der Waals surface area contributed by atoms with Gasteiger partial charge in [0.2, 0.25) is 0 Å². The molecular weight excluding hydrogens is 257 g/mol. The van der Waals surface area contributed by atoms with Gasteiger partial charge in [0.15, 0.2) is 5.11 Å². The molecular formula is C9H7F3N2O2S. The van der Waals surface area contributed by atoms with Crippen molar-refractivity contribution < 1.29 is 23.1 Å². The Morgan fingerprint density at radius 2 is 2.00 bits per heavy atom. The number of hydrogen-bond acceptors (Lipinski definition) is 2. The van der Waals surface area contributed by atoms with Gasteiger partial charge in [-0.1, -0.05) is 0 Å². The van der Waals surface area contributed by atoms with Crippen molar-refractivity contribution in [2.75, 3.05) is 5.32 Å². The van der Waals surface area contributed by atoms with Gasteiger partial charge in [0.25, 0.3) is 0 Å². The number of hydrogen-bond donors (Lipinski definition) is 3. The molecule has 4 N–H and O–H groups in total. The van der Waals surface area contributed by atoms with Crippen molar-refractivity contribution in [3.63, 3.8) is 0 Å². The third-order valence-electron chi connectivity index (χ3n) is 1.84. The first-order valence-corrected chi connectivity index (χ1v) is 4.63. The van der Waals surface area contributed by atoms with Crippen LogP contribution in [0.2, 0.25) is 0 Å². The maximum atomic E-state index is 12.4. The molecule has 0 bridgehead atoms. The number of carboxylic acid groups (broad SMARTS) is 1. The topological polar surface area (TPSA) is 75.3 Å². The third-order valence-corrected chi connectivity index (χ3v) is 1.94. The van der Waals surface area contributed by atoms with Crippen LogP contribution in [0.3, 0.4) is 0 Å². The lowest BCUT2D eigenvalue weighted by molar-refractivity contribution is -0.137. The highest BCUT2D eigenvalue weighted by atomic mass is 32.1. The van der Waals surface area contributed by atoms with Gasteiger partial charge in [0, 0.05) is 0 Å². The van der Waals surface area contributed by atoms with E-state index in [4.69, 9.17) is 10.8 Å². The molecule has 92 valence electrons. The molecule has 1 aromatic rings. The predicted octanol–water partition coefficient (Wildman–Crippen LogP) is 2.06. The lowest BCUT2D eigenvalue weighted by Gasteiger charge is -2.12. The molecule has 0 fully saturated rings. The largest absolute Gasteiger partial charge is 0.478 e. The molecule has 0 unspecified atom stereocenters. The lowest BCUT2D eigenvalue weighted by atomic mass is 10.1. The van der Waals surface area contributed by atoms with Crippen LogP contribution in [0, 0.1) is 0 Å². The van der Waals surface area contributed by atoms with Crippen molar-refractivity contribution in [2.24, 2.45) is 5.73 Å². The highest BCUT2D eigenvalue weighted by molar-refractivity contribution is 7.80. The van der Waals surface area contributed by atoms with Crippen molar-refractivity contribution in [3.05, 3.63) is 29.3 Å². The molecule has 0 amide bonds. The summed E-state index contributed by atoms with van der Waals surface area (Å²) < 4.78 is 37.2. The number of nitrogens with two attached hydrogens (primary N) is 1. The zero-order valence-electron chi connectivity index (χ0n) is 8.21. The molecule has 0 aromatic heterocycles. The molecule has 0 aliphatic heterocycles. The molecule has 8 heteroatoms. The van der Waals surface area contributed by atoms with Crippen molar-refractivity contribution >= 4 is 29.0 Å². The fourth-order valence-electron chi connectivity index (χ4n) is 1.14. The zero-order chi connectivity index (χ0) is 13.2. The van der Waals surface area contributed by atoms with Gasteiger partial charge in [0.05, 0.1) is 16.8 Å². The number of benzene rings is 1. The first kappa shape index (κ1) is 13.2. The quantitative estimate of drug-likeness (QED) is 0.713. The third kappa shape index (κ3) is 3.31. The van der Waals surface area contributed by atoms with Gasteiger partial charge in [-0.15, -0.1) is 0 Å². The van der Waals surface area contributed by atoms with E-state index in [1.54, 1.807) is 0 Å². The normalized spacial score (nSPS) is 11.0. The average Bonchev–Trinajstić information content (AvgIpc) is 2.14. The minimum atomic E-state index is -4.57. The van der Waals surface area contributed by atoms with Gasteiger partial charge in [-0.2, -0.15) is 13.2 Å². The van der Waals surface area contributed by atoms with Crippen LogP contribution < -0.4 is 11.1 Å². The van der Waals surface area contributed by atoms with Crippen molar-refractivity contribution in [1.29, 1.82) is 0 Å². The maximum absolute atomic E-state index is 12.4. The fourth-order valence-corrected chi connectivity index (χ4v) is 1.25. The lowest BCUT2D eigenvalue weighted by Crippen LogP contribution is -2.21. The molecule has 0 aliphatic rings. The van der Waals surface area contributed by atoms with Gasteiger partial charge in [-0.3, -0.25) is 0 Å². The number of anilines is 1. The molecule has 0 spiro atoms. The monoisotopic (exact) mass is 264 g/mol. The SMILES string of the molecule is NC(=S)Nc1cc(C(F)(F)F)ccc1C(=O)O. The predicted molar refractivity (Wildman–Crippen MR) is 58.8 cm³/mol. The van der Waals surface area contributed by atoms with Crippen LogP contribution in [-0.2, 0) is 6.18 Å². The van der Waals surface area contributed by atoms with Crippen molar-refractivity contribution in [1.82, 2.24) is 0 Å². The van der Waals surface area contributed by atoms with Crippen molar-refractivity contribution in [2.45, 2.75) is 6.18 Å². The molecule has 1 rings (SSSR count). The first-order chi connectivity index (χ1) is 7.71. The smallest absolute Gasteiger partial charge is 0.416 e. The van der Waals surface area contributed by atoms with Gasteiger partial charge >= 0.3 is 12.1 Å². The number of thiocarbonyl (C=S) groups is 1. The van der Waals surface area contributed by atoms with Crippen LogP contribution in [0.5, 0.6) is 0 Å². The number of carbonyl (C=O) groups is 1. The van der Waals surface area contributed by atoms with E-state index in [2.05, 4.69) is 17.5 Å².